The van der Waals surface area contributed by atoms with E-state index < -0.39 is 8.07 Å². The summed E-state index contributed by atoms with van der Waals surface area (Å²) in [6.45, 7) is 6.36. The summed E-state index contributed by atoms with van der Waals surface area (Å²) >= 11 is 0. The average Bonchev–Trinajstić information content (AvgIpc) is 1.30. The van der Waals surface area contributed by atoms with Gasteiger partial charge in [-0.3, -0.25) is 0 Å². The quantitative estimate of drug-likeness (QED) is 0.319. The van der Waals surface area contributed by atoms with Crippen LogP contribution < -0.4 is 0 Å². The fourth-order valence-electron chi connectivity index (χ4n) is 0. The Morgan fingerprint density at radius 3 is 2.17 bits per heavy atom. The van der Waals surface area contributed by atoms with Gasteiger partial charge in [0.2, 0.25) is 0 Å². The van der Waals surface area contributed by atoms with Crippen molar-refractivity contribution in [2.45, 2.75) is 19.6 Å². The van der Waals surface area contributed by atoms with Crippen molar-refractivity contribution in [3.8, 4) is 11.9 Å². The zero-order chi connectivity index (χ0) is 5.91. The van der Waals surface area contributed by atoms with Crippen molar-refractivity contribution in [1.82, 2.24) is 0 Å². The van der Waals surface area contributed by atoms with Crippen LogP contribution in [0.2, 0.25) is 19.6 Å². The van der Waals surface area contributed by atoms with Crippen LogP contribution in [0, 0.1) is 11.9 Å². The summed E-state index contributed by atoms with van der Waals surface area (Å²) in [5.41, 5.74) is 2.84. The predicted octanol–water partition coefficient (Wildman–Crippen LogP) is 1.50. The molecule has 0 spiro atoms. The first-order chi connectivity index (χ1) is 3.06. The van der Waals surface area contributed by atoms with Gasteiger partial charge in [-0.1, -0.05) is 19.6 Å². The van der Waals surface area contributed by atoms with Gasteiger partial charge in [-0.2, -0.15) is 0 Å². The van der Waals surface area contributed by atoms with Crippen LogP contribution >= 0.6 is 0 Å². The molecule has 1 heteroatoms. The molecule has 0 saturated heterocycles. The lowest BCUT2D eigenvalue weighted by molar-refractivity contribution is 1.82. The third-order valence-electron chi connectivity index (χ3n) is 0.375. The van der Waals surface area contributed by atoms with E-state index in [1.54, 1.807) is 0 Å². The first kappa shape index (κ1) is 3.95. The third kappa shape index (κ3) is 3.78. The summed E-state index contributed by atoms with van der Waals surface area (Å²) in [5, 5.41) is 0. The minimum absolute atomic E-state index is 1.21. The van der Waals surface area contributed by atoms with Crippen LogP contribution in [0.15, 0.2) is 0 Å². The van der Waals surface area contributed by atoms with E-state index in [4.69, 9.17) is 1.37 Å². The highest BCUT2D eigenvalue weighted by Gasteiger charge is 2.05. The molecule has 0 N–H and O–H groups in total. The summed E-state index contributed by atoms with van der Waals surface area (Å²) in [7, 11) is -1.21. The van der Waals surface area contributed by atoms with Gasteiger partial charge < -0.3 is 0 Å². The van der Waals surface area contributed by atoms with E-state index >= 15 is 0 Å². The smallest absolute Gasteiger partial charge is 0.128 e. The lowest BCUT2D eigenvalue weighted by Gasteiger charge is -2.00. The predicted molar refractivity (Wildman–Crippen MR) is 32.2 cm³/mol. The van der Waals surface area contributed by atoms with Crippen LogP contribution in [-0.2, 0) is 0 Å². The van der Waals surface area contributed by atoms with Crippen LogP contribution in [-0.4, -0.2) is 8.07 Å². The first-order valence-corrected chi connectivity index (χ1v) is 5.50. The maximum absolute atomic E-state index is 6.53. The molecule has 0 aromatic carbocycles. The second-order valence-corrected chi connectivity index (χ2v) is 7.12. The molecule has 0 fully saturated rings. The van der Waals surface area contributed by atoms with Gasteiger partial charge in [0.25, 0.3) is 0 Å². The normalized spacial score (nSPS) is 11.5. The molecule has 0 unspecified atom stereocenters. The van der Waals surface area contributed by atoms with Gasteiger partial charge in [-0.05, 0) is 0 Å². The summed E-state index contributed by atoms with van der Waals surface area (Å²) in [6, 6.07) is 0. The van der Waals surface area contributed by atoms with E-state index in [1.807, 2.05) is 0 Å². The molecular weight excluding hydrogens is 88.1 g/mol. The molecule has 0 saturated carbocycles. The highest BCUT2D eigenvalue weighted by Crippen LogP contribution is 1.94. The summed E-state index contributed by atoms with van der Waals surface area (Å²) in [5.74, 6) is 0. The molecule has 0 amide bonds. The van der Waals surface area contributed by atoms with Crippen molar-refractivity contribution < 1.29 is 1.37 Å². The fraction of sp³-hybridized carbons (Fsp3) is 0.600. The lowest BCUT2D eigenvalue weighted by Crippen LogP contribution is -2.15. The second kappa shape index (κ2) is 1.48. The molecule has 0 aliphatic rings. The van der Waals surface area contributed by atoms with Crippen molar-refractivity contribution >= 4 is 8.07 Å². The fourth-order valence-corrected chi connectivity index (χ4v) is 0. The Labute approximate surface area is 42.0 Å². The zero-order valence-corrected chi connectivity index (χ0v) is 5.50. The van der Waals surface area contributed by atoms with Gasteiger partial charge in [-0.25, -0.2) is 0 Å². The topological polar surface area (TPSA) is 0 Å². The van der Waals surface area contributed by atoms with E-state index in [2.05, 4.69) is 31.6 Å². The van der Waals surface area contributed by atoms with Gasteiger partial charge in [0.1, 0.15) is 9.44 Å². The van der Waals surface area contributed by atoms with Crippen LogP contribution in [0.3, 0.4) is 0 Å². The van der Waals surface area contributed by atoms with Gasteiger partial charge >= 0.3 is 0 Å². The minimum Gasteiger partial charge on any atom is -0.135 e. The Hall–Kier alpha value is -0.223. The zero-order valence-electron chi connectivity index (χ0n) is 5.50. The molecule has 6 heavy (non-hydrogen) atoms. The highest BCUT2D eigenvalue weighted by atomic mass is 28.3. The molecule has 0 aliphatic carbocycles. The van der Waals surface area contributed by atoms with Crippen LogP contribution in [0.1, 0.15) is 1.37 Å². The van der Waals surface area contributed by atoms with Crippen molar-refractivity contribution in [1.29, 1.82) is 0 Å². The number of hydrogen-bond donors (Lipinski definition) is 0. The van der Waals surface area contributed by atoms with E-state index in [0.29, 0.717) is 0 Å². The van der Waals surface area contributed by atoms with Crippen molar-refractivity contribution in [2.75, 3.05) is 0 Å². The number of rotatable bonds is 0. The molecule has 0 aromatic rings. The Morgan fingerprint density at radius 2 is 2.17 bits per heavy atom. The summed E-state index contributed by atoms with van der Waals surface area (Å²) in [4.78, 5) is 0. The SMILES string of the molecule is [2H]C#C[Si](C)(C)C. The molecule has 0 heterocycles. The molecule has 0 nitrogen and oxygen atoms in total. The first-order valence-electron chi connectivity index (χ1n) is 2.50. The Bertz CT molecular complexity index is 101. The molecule has 0 rings (SSSR count). The van der Waals surface area contributed by atoms with Gasteiger partial charge in [0.05, 0.1) is 0 Å². The molecule has 0 aliphatic heterocycles. The van der Waals surface area contributed by atoms with Crippen molar-refractivity contribution in [2.24, 2.45) is 0 Å². The van der Waals surface area contributed by atoms with E-state index in [1.165, 1.54) is 0 Å². The van der Waals surface area contributed by atoms with Gasteiger partial charge in [0, 0.05) is 0 Å². The maximum atomic E-state index is 6.53. The van der Waals surface area contributed by atoms with E-state index in [9.17, 15) is 0 Å². The van der Waals surface area contributed by atoms with Crippen LogP contribution in [0.4, 0.5) is 0 Å². The average molecular weight is 99.2 g/mol. The monoisotopic (exact) mass is 99.1 g/mol. The third-order valence-corrected chi connectivity index (χ3v) is 1.12. The van der Waals surface area contributed by atoms with Crippen LogP contribution in [0.5, 0.6) is 0 Å². The molecule has 0 radical (unpaired) electrons. The minimum atomic E-state index is -1.21. The molecule has 0 bridgehead atoms. The van der Waals surface area contributed by atoms with Crippen molar-refractivity contribution in [3.63, 3.8) is 0 Å². The molecule has 0 aromatic heterocycles. The number of terminal acetylenes is 1. The highest BCUT2D eigenvalue weighted by molar-refractivity contribution is 6.83. The van der Waals surface area contributed by atoms with Gasteiger partial charge in [0.15, 0.2) is 0 Å². The Morgan fingerprint density at radius 1 is 1.67 bits per heavy atom. The standard InChI is InChI=1S/C5H10Si/c1-5-6(2,3)4/h1H,2-4H3/i1D. The summed E-state index contributed by atoms with van der Waals surface area (Å²) < 4.78 is 6.53. The molecule has 0 atom stereocenters. The summed E-state index contributed by atoms with van der Waals surface area (Å²) in [6.07, 6.45) is 2.17. The largest absolute Gasteiger partial charge is 0.135 e. The maximum Gasteiger partial charge on any atom is 0.128 e. The van der Waals surface area contributed by atoms with E-state index in [-0.39, 0.29) is 0 Å². The van der Waals surface area contributed by atoms with Crippen LogP contribution in [0.25, 0.3) is 0 Å². The lowest BCUT2D eigenvalue weighted by atomic mass is 11.4. The van der Waals surface area contributed by atoms with E-state index in [0.717, 1.165) is 0 Å². The molecule has 34 valence electrons. The Kier molecular flexibility index (Phi) is 0.977. The van der Waals surface area contributed by atoms with Gasteiger partial charge in [-0.15, -0.1) is 11.9 Å². The second-order valence-electron chi connectivity index (χ2n) is 2.38. The van der Waals surface area contributed by atoms with Crippen molar-refractivity contribution in [3.05, 3.63) is 0 Å². The molecular formula is C5H10Si. The number of hydrogen-bond acceptors (Lipinski definition) is 0. The Balaban J connectivity index is 3.72.